The third-order valence-corrected chi connectivity index (χ3v) is 7.64. The van der Waals surface area contributed by atoms with Crippen LogP contribution < -0.4 is 0 Å². The monoisotopic (exact) mass is 546 g/mol. The number of carboxylic acid groups (broad SMARTS) is 1. The van der Waals surface area contributed by atoms with Crippen molar-refractivity contribution in [1.29, 1.82) is 0 Å². The van der Waals surface area contributed by atoms with Crippen molar-refractivity contribution < 1.29 is 24.2 Å². The first-order valence-corrected chi connectivity index (χ1v) is 13.3. The predicted octanol–water partition coefficient (Wildman–Crippen LogP) is 6.15. The molecule has 2 aliphatic heterocycles. The highest BCUT2D eigenvalue weighted by atomic mass is 35.5. The van der Waals surface area contributed by atoms with Crippen molar-refractivity contribution in [1.82, 2.24) is 9.80 Å². The Morgan fingerprint density at radius 3 is 2.11 bits per heavy atom. The number of nitrogens with zero attached hydrogens (tertiary/aromatic N) is 2. The SMILES string of the molecule is CC(C)(C)OC(=O)N1CCC(N2CCC(Cc3c(Cl)cc(-c4ccc(C(=O)O)cc4)cc3Cl)C2=O)CC1. The van der Waals surface area contributed by atoms with E-state index < -0.39 is 11.6 Å². The molecule has 7 nitrogen and oxygen atoms in total. The Hall–Kier alpha value is -2.77. The first-order chi connectivity index (χ1) is 17.4. The van der Waals surface area contributed by atoms with Gasteiger partial charge in [0.2, 0.25) is 5.91 Å². The molecule has 0 bridgehead atoms. The summed E-state index contributed by atoms with van der Waals surface area (Å²) < 4.78 is 5.47. The Bertz CT molecular complexity index is 1160. The van der Waals surface area contributed by atoms with Crippen molar-refractivity contribution in [2.24, 2.45) is 5.92 Å². The van der Waals surface area contributed by atoms with Gasteiger partial charge in [-0.25, -0.2) is 9.59 Å². The smallest absolute Gasteiger partial charge is 0.410 e. The lowest BCUT2D eigenvalue weighted by atomic mass is 9.95. The Morgan fingerprint density at radius 2 is 1.57 bits per heavy atom. The fraction of sp³-hybridized carbons (Fsp3) is 0.464. The second-order valence-corrected chi connectivity index (χ2v) is 11.5. The molecule has 9 heteroatoms. The molecular weight excluding hydrogens is 515 g/mol. The molecule has 37 heavy (non-hydrogen) atoms. The second kappa shape index (κ2) is 10.9. The highest BCUT2D eigenvalue weighted by Gasteiger charge is 2.38. The van der Waals surface area contributed by atoms with Crippen molar-refractivity contribution in [2.75, 3.05) is 19.6 Å². The fourth-order valence-corrected chi connectivity index (χ4v) is 5.66. The van der Waals surface area contributed by atoms with E-state index in [1.165, 1.54) is 12.1 Å². The molecule has 2 amide bonds. The Labute approximate surface area is 227 Å². The average Bonchev–Trinajstić information content (AvgIpc) is 3.20. The number of ether oxygens (including phenoxy) is 1. The minimum Gasteiger partial charge on any atom is -0.478 e. The Kier molecular flexibility index (Phi) is 8.05. The first-order valence-electron chi connectivity index (χ1n) is 12.5. The molecule has 0 radical (unpaired) electrons. The lowest BCUT2D eigenvalue weighted by Gasteiger charge is -2.37. The minimum atomic E-state index is -0.984. The third kappa shape index (κ3) is 6.39. The molecule has 1 N–H and O–H groups in total. The van der Waals surface area contributed by atoms with E-state index in [0.717, 1.165) is 36.0 Å². The Morgan fingerprint density at radius 1 is 0.973 bits per heavy atom. The molecular formula is C28H32Cl2N2O5. The number of halogens is 2. The summed E-state index contributed by atoms with van der Waals surface area (Å²) in [5, 5.41) is 10.1. The van der Waals surface area contributed by atoms with Gasteiger partial charge in [0.15, 0.2) is 0 Å². The van der Waals surface area contributed by atoms with E-state index in [1.54, 1.807) is 17.0 Å². The highest BCUT2D eigenvalue weighted by molar-refractivity contribution is 6.36. The number of carbonyl (C=O) groups excluding carboxylic acids is 2. The normalized spacial score (nSPS) is 18.8. The number of likely N-dealkylation sites (tertiary alicyclic amines) is 2. The zero-order valence-corrected chi connectivity index (χ0v) is 22.8. The zero-order valence-electron chi connectivity index (χ0n) is 21.3. The molecule has 1 atom stereocenters. The van der Waals surface area contributed by atoms with Crippen LogP contribution in [-0.2, 0) is 16.0 Å². The summed E-state index contributed by atoms with van der Waals surface area (Å²) in [7, 11) is 0. The fourth-order valence-electron chi connectivity index (χ4n) is 5.02. The van der Waals surface area contributed by atoms with Gasteiger partial charge >= 0.3 is 12.1 Å². The Balaban J connectivity index is 1.38. The van der Waals surface area contributed by atoms with Crippen molar-refractivity contribution in [3.8, 4) is 11.1 Å². The van der Waals surface area contributed by atoms with E-state index in [0.29, 0.717) is 36.1 Å². The van der Waals surface area contributed by atoms with Gasteiger partial charge in [0, 0.05) is 41.6 Å². The lowest BCUT2D eigenvalue weighted by molar-refractivity contribution is -0.133. The molecule has 198 valence electrons. The van der Waals surface area contributed by atoms with Crippen molar-refractivity contribution >= 4 is 41.2 Å². The average molecular weight is 547 g/mol. The van der Waals surface area contributed by atoms with Gasteiger partial charge in [0.25, 0.3) is 0 Å². The van der Waals surface area contributed by atoms with Gasteiger partial charge in [0.05, 0.1) is 5.56 Å². The quantitative estimate of drug-likeness (QED) is 0.485. The number of carbonyl (C=O) groups is 3. The van der Waals surface area contributed by atoms with E-state index in [-0.39, 0.29) is 29.5 Å². The lowest BCUT2D eigenvalue weighted by Crippen LogP contribution is -2.48. The van der Waals surface area contributed by atoms with E-state index in [2.05, 4.69) is 0 Å². The summed E-state index contributed by atoms with van der Waals surface area (Å²) in [4.78, 5) is 40.4. The molecule has 4 rings (SSSR count). The number of rotatable bonds is 5. The molecule has 2 aliphatic rings. The molecule has 2 saturated heterocycles. The van der Waals surface area contributed by atoms with Gasteiger partial charge in [-0.15, -0.1) is 0 Å². The predicted molar refractivity (Wildman–Crippen MR) is 143 cm³/mol. The summed E-state index contributed by atoms with van der Waals surface area (Å²) in [6.45, 7) is 7.38. The van der Waals surface area contributed by atoms with Gasteiger partial charge in [-0.05, 0) is 87.4 Å². The van der Waals surface area contributed by atoms with E-state index in [1.807, 2.05) is 37.8 Å². The number of carboxylic acids is 1. The molecule has 2 fully saturated rings. The summed E-state index contributed by atoms with van der Waals surface area (Å²) in [5.41, 5.74) is 2.01. The molecule has 0 spiro atoms. The summed E-state index contributed by atoms with van der Waals surface area (Å²) >= 11 is 13.2. The number of amides is 2. The van der Waals surface area contributed by atoms with Crippen molar-refractivity contribution in [3.63, 3.8) is 0 Å². The second-order valence-electron chi connectivity index (χ2n) is 10.7. The van der Waals surface area contributed by atoms with Crippen LogP contribution in [0.4, 0.5) is 4.79 Å². The van der Waals surface area contributed by atoms with Gasteiger partial charge in [-0.2, -0.15) is 0 Å². The largest absolute Gasteiger partial charge is 0.478 e. The summed E-state index contributed by atoms with van der Waals surface area (Å²) in [6.07, 6.45) is 2.35. The van der Waals surface area contributed by atoms with E-state index in [9.17, 15) is 14.4 Å². The van der Waals surface area contributed by atoms with Crippen LogP contribution in [0.1, 0.15) is 56.0 Å². The molecule has 1 unspecified atom stereocenters. The highest BCUT2D eigenvalue weighted by Crippen LogP contribution is 2.36. The van der Waals surface area contributed by atoms with Crippen LogP contribution in [0, 0.1) is 5.92 Å². The number of aromatic carboxylic acids is 1. The van der Waals surface area contributed by atoms with Crippen LogP contribution >= 0.6 is 23.2 Å². The van der Waals surface area contributed by atoms with E-state index in [4.69, 9.17) is 33.0 Å². The van der Waals surface area contributed by atoms with Crippen LogP contribution in [0.25, 0.3) is 11.1 Å². The van der Waals surface area contributed by atoms with Gasteiger partial charge in [-0.1, -0.05) is 35.3 Å². The van der Waals surface area contributed by atoms with Gasteiger partial charge in [0.1, 0.15) is 5.60 Å². The number of piperidine rings is 1. The van der Waals surface area contributed by atoms with Crippen LogP contribution in [0.15, 0.2) is 36.4 Å². The first kappa shape index (κ1) is 27.3. The standard InChI is InChI=1S/C28H32Cl2N2O5/c1-28(2,3)37-27(36)31-11-9-21(10-12-31)32-13-8-19(25(32)33)14-22-23(29)15-20(16-24(22)30)17-4-6-18(7-5-17)26(34)35/h4-7,15-16,19,21H,8-14H2,1-3H3,(H,34,35). The minimum absolute atomic E-state index is 0.108. The van der Waals surface area contributed by atoms with Crippen LogP contribution in [0.2, 0.25) is 10.0 Å². The molecule has 2 heterocycles. The van der Waals surface area contributed by atoms with Crippen LogP contribution in [-0.4, -0.2) is 64.2 Å². The van der Waals surface area contributed by atoms with Crippen LogP contribution in [0.5, 0.6) is 0 Å². The molecule has 2 aromatic rings. The number of hydrogen-bond acceptors (Lipinski definition) is 4. The summed E-state index contributed by atoms with van der Waals surface area (Å²) in [6, 6.07) is 10.2. The van der Waals surface area contributed by atoms with Gasteiger partial charge in [-0.3, -0.25) is 4.79 Å². The maximum Gasteiger partial charge on any atom is 0.410 e. The number of benzene rings is 2. The maximum absolute atomic E-state index is 13.3. The van der Waals surface area contributed by atoms with Crippen molar-refractivity contribution in [2.45, 2.75) is 58.1 Å². The van der Waals surface area contributed by atoms with Gasteiger partial charge < -0.3 is 19.6 Å². The molecule has 0 aliphatic carbocycles. The third-order valence-electron chi connectivity index (χ3n) is 6.96. The van der Waals surface area contributed by atoms with E-state index >= 15 is 0 Å². The molecule has 0 saturated carbocycles. The topological polar surface area (TPSA) is 87.2 Å². The number of hydrogen-bond donors (Lipinski definition) is 1. The zero-order chi connectivity index (χ0) is 26.9. The molecule has 0 aromatic heterocycles. The maximum atomic E-state index is 13.3. The van der Waals surface area contributed by atoms with Crippen molar-refractivity contribution in [3.05, 3.63) is 57.6 Å². The summed E-state index contributed by atoms with van der Waals surface area (Å²) in [5.74, 6) is -1.07. The molecule has 2 aromatic carbocycles. The van der Waals surface area contributed by atoms with Crippen LogP contribution in [0.3, 0.4) is 0 Å².